The van der Waals surface area contributed by atoms with Crippen LogP contribution in [0.4, 0.5) is 0 Å². The van der Waals surface area contributed by atoms with E-state index in [2.05, 4.69) is 18.2 Å². The monoisotopic (exact) mass is 313 g/mol. The molecule has 1 amide bonds. The summed E-state index contributed by atoms with van der Waals surface area (Å²) in [7, 11) is 1.63. The minimum Gasteiger partial charge on any atom is -0.496 e. The van der Waals surface area contributed by atoms with Crippen LogP contribution in [-0.4, -0.2) is 19.6 Å². The first kappa shape index (κ1) is 17.4. The molecule has 0 aliphatic heterocycles. The molecule has 1 fully saturated rings. The molecule has 0 saturated heterocycles. The van der Waals surface area contributed by atoms with Gasteiger partial charge in [-0.15, -0.1) is 12.3 Å². The van der Waals surface area contributed by atoms with Gasteiger partial charge in [-0.25, -0.2) is 0 Å². The van der Waals surface area contributed by atoms with E-state index in [1.807, 2.05) is 18.2 Å². The van der Waals surface area contributed by atoms with Crippen LogP contribution in [0.25, 0.3) is 0 Å². The van der Waals surface area contributed by atoms with E-state index in [-0.39, 0.29) is 5.91 Å². The Morgan fingerprint density at radius 1 is 1.39 bits per heavy atom. The molecule has 1 aromatic rings. The topological polar surface area (TPSA) is 38.3 Å². The lowest BCUT2D eigenvalue weighted by atomic mass is 9.80. The molecule has 1 saturated carbocycles. The zero-order valence-electron chi connectivity index (χ0n) is 14.2. The first-order chi connectivity index (χ1) is 11.2. The molecular formula is C20H27NO2. The van der Waals surface area contributed by atoms with Gasteiger partial charge in [-0.2, -0.15) is 0 Å². The Morgan fingerprint density at radius 3 is 2.87 bits per heavy atom. The van der Waals surface area contributed by atoms with Crippen LogP contribution in [0.5, 0.6) is 5.75 Å². The first-order valence-corrected chi connectivity index (χ1v) is 8.54. The van der Waals surface area contributed by atoms with Crippen LogP contribution >= 0.6 is 0 Å². The lowest BCUT2D eigenvalue weighted by molar-refractivity contribution is 0.0936. The fourth-order valence-corrected chi connectivity index (χ4v) is 3.32. The molecule has 0 aromatic heterocycles. The third kappa shape index (κ3) is 4.76. The van der Waals surface area contributed by atoms with E-state index < -0.39 is 0 Å². The standard InChI is InChI=1S/C20H27NO2/c1-4-5-9-16-11-12-17(13-19(16)23-3)20(22)21-14-18-10-7-6-8-15(18)2/h1,11-13,15,18H,5-10,14H2,2-3H3,(H,21,22). The second-order valence-corrected chi connectivity index (χ2v) is 6.46. The maximum atomic E-state index is 12.4. The summed E-state index contributed by atoms with van der Waals surface area (Å²) in [6.45, 7) is 3.06. The minimum atomic E-state index is -0.0235. The third-order valence-corrected chi connectivity index (χ3v) is 4.90. The molecule has 3 heteroatoms. The molecule has 2 rings (SSSR count). The molecule has 0 radical (unpaired) electrons. The van der Waals surface area contributed by atoms with Gasteiger partial charge in [0.05, 0.1) is 7.11 Å². The molecule has 124 valence electrons. The predicted octanol–water partition coefficient (Wildman–Crippen LogP) is 3.82. The van der Waals surface area contributed by atoms with Crippen LogP contribution in [0.1, 0.15) is 54.9 Å². The number of methoxy groups -OCH3 is 1. The van der Waals surface area contributed by atoms with Crippen LogP contribution in [-0.2, 0) is 6.42 Å². The van der Waals surface area contributed by atoms with E-state index in [1.54, 1.807) is 7.11 Å². The normalized spacial score (nSPS) is 20.6. The van der Waals surface area contributed by atoms with Gasteiger partial charge in [-0.05, 0) is 42.4 Å². The van der Waals surface area contributed by atoms with Crippen molar-refractivity contribution in [1.29, 1.82) is 0 Å². The molecule has 2 atom stereocenters. The van der Waals surface area contributed by atoms with Gasteiger partial charge in [0.25, 0.3) is 5.91 Å². The van der Waals surface area contributed by atoms with Crippen LogP contribution in [0.15, 0.2) is 18.2 Å². The van der Waals surface area contributed by atoms with E-state index in [0.29, 0.717) is 23.8 Å². The molecule has 0 heterocycles. The average Bonchev–Trinajstić information content (AvgIpc) is 2.58. The molecule has 1 aliphatic rings. The molecule has 1 aromatic carbocycles. The molecular weight excluding hydrogens is 286 g/mol. The van der Waals surface area contributed by atoms with Gasteiger partial charge >= 0.3 is 0 Å². The van der Waals surface area contributed by atoms with Crippen molar-refractivity contribution in [3.05, 3.63) is 29.3 Å². The number of aryl methyl sites for hydroxylation is 1. The van der Waals surface area contributed by atoms with Crippen molar-refractivity contribution in [2.45, 2.75) is 45.4 Å². The van der Waals surface area contributed by atoms with E-state index in [1.165, 1.54) is 25.7 Å². The van der Waals surface area contributed by atoms with Gasteiger partial charge in [0.2, 0.25) is 0 Å². The van der Waals surface area contributed by atoms with E-state index in [9.17, 15) is 4.79 Å². The number of rotatable bonds is 6. The number of hydrogen-bond acceptors (Lipinski definition) is 2. The van der Waals surface area contributed by atoms with Crippen LogP contribution in [0.2, 0.25) is 0 Å². The first-order valence-electron chi connectivity index (χ1n) is 8.54. The second-order valence-electron chi connectivity index (χ2n) is 6.46. The van der Waals surface area contributed by atoms with Gasteiger partial charge in [0.1, 0.15) is 5.75 Å². The third-order valence-electron chi connectivity index (χ3n) is 4.90. The Morgan fingerprint density at radius 2 is 2.17 bits per heavy atom. The highest BCUT2D eigenvalue weighted by molar-refractivity contribution is 5.94. The summed E-state index contributed by atoms with van der Waals surface area (Å²) in [5, 5.41) is 3.09. The van der Waals surface area contributed by atoms with Crippen molar-refractivity contribution >= 4 is 5.91 Å². The van der Waals surface area contributed by atoms with Gasteiger partial charge in [0, 0.05) is 18.5 Å². The molecule has 23 heavy (non-hydrogen) atoms. The van der Waals surface area contributed by atoms with Crippen molar-refractivity contribution in [2.24, 2.45) is 11.8 Å². The maximum Gasteiger partial charge on any atom is 0.251 e. The van der Waals surface area contributed by atoms with Crippen molar-refractivity contribution in [2.75, 3.05) is 13.7 Å². The quantitative estimate of drug-likeness (QED) is 0.811. The molecule has 0 spiro atoms. The number of terminal acetylenes is 1. The zero-order valence-corrected chi connectivity index (χ0v) is 14.2. The van der Waals surface area contributed by atoms with Crippen molar-refractivity contribution in [3.63, 3.8) is 0 Å². The molecule has 1 N–H and O–H groups in total. The summed E-state index contributed by atoms with van der Waals surface area (Å²) < 4.78 is 5.40. The lowest BCUT2D eigenvalue weighted by Crippen LogP contribution is -2.33. The van der Waals surface area contributed by atoms with E-state index in [4.69, 9.17) is 11.2 Å². The SMILES string of the molecule is C#CCCc1ccc(C(=O)NCC2CCCCC2C)cc1OC. The summed E-state index contributed by atoms with van der Waals surface area (Å²) in [6.07, 6.45) is 11.8. The van der Waals surface area contributed by atoms with Crippen LogP contribution < -0.4 is 10.1 Å². The summed E-state index contributed by atoms with van der Waals surface area (Å²) in [4.78, 5) is 12.4. The number of benzene rings is 1. The highest BCUT2D eigenvalue weighted by atomic mass is 16.5. The molecule has 2 unspecified atom stereocenters. The van der Waals surface area contributed by atoms with Crippen molar-refractivity contribution in [3.8, 4) is 18.1 Å². The summed E-state index contributed by atoms with van der Waals surface area (Å²) in [5.41, 5.74) is 1.69. The Labute approximate surface area is 139 Å². The number of carbonyl (C=O) groups excluding carboxylic acids is 1. The summed E-state index contributed by atoms with van der Waals surface area (Å²) in [5.74, 6) is 4.64. The Balaban J connectivity index is 1.97. The number of hydrogen-bond donors (Lipinski definition) is 1. The molecule has 3 nitrogen and oxygen atoms in total. The van der Waals surface area contributed by atoms with Crippen molar-refractivity contribution in [1.82, 2.24) is 5.32 Å². The number of nitrogens with one attached hydrogen (secondary N) is 1. The lowest BCUT2D eigenvalue weighted by Gasteiger charge is -2.28. The Hall–Kier alpha value is -1.95. The minimum absolute atomic E-state index is 0.0235. The molecule has 0 bridgehead atoms. The summed E-state index contributed by atoms with van der Waals surface area (Å²) in [6, 6.07) is 5.60. The smallest absolute Gasteiger partial charge is 0.251 e. The largest absolute Gasteiger partial charge is 0.496 e. The van der Waals surface area contributed by atoms with Gasteiger partial charge in [-0.3, -0.25) is 4.79 Å². The van der Waals surface area contributed by atoms with E-state index >= 15 is 0 Å². The highest BCUT2D eigenvalue weighted by Crippen LogP contribution is 2.29. The van der Waals surface area contributed by atoms with Crippen LogP contribution in [0, 0.1) is 24.2 Å². The van der Waals surface area contributed by atoms with Gasteiger partial charge in [-0.1, -0.05) is 32.3 Å². The second kappa shape index (κ2) is 8.62. The number of ether oxygens (including phenoxy) is 1. The average molecular weight is 313 g/mol. The number of amides is 1. The zero-order chi connectivity index (χ0) is 16.7. The Kier molecular flexibility index (Phi) is 6.52. The fraction of sp³-hybridized carbons (Fsp3) is 0.550. The van der Waals surface area contributed by atoms with Crippen molar-refractivity contribution < 1.29 is 9.53 Å². The summed E-state index contributed by atoms with van der Waals surface area (Å²) >= 11 is 0. The predicted molar refractivity (Wildman–Crippen MR) is 93.6 cm³/mol. The van der Waals surface area contributed by atoms with E-state index in [0.717, 1.165) is 24.3 Å². The van der Waals surface area contributed by atoms with Crippen LogP contribution in [0.3, 0.4) is 0 Å². The Bertz CT molecular complexity index is 573. The fourth-order valence-electron chi connectivity index (χ4n) is 3.32. The number of carbonyl (C=O) groups is 1. The van der Waals surface area contributed by atoms with Gasteiger partial charge < -0.3 is 10.1 Å². The highest BCUT2D eigenvalue weighted by Gasteiger charge is 2.22. The molecule has 1 aliphatic carbocycles. The maximum absolute atomic E-state index is 12.4. The van der Waals surface area contributed by atoms with Gasteiger partial charge in [0.15, 0.2) is 0 Å².